The van der Waals surface area contributed by atoms with E-state index in [9.17, 15) is 34.8 Å². The van der Waals surface area contributed by atoms with Crippen molar-refractivity contribution in [2.24, 2.45) is 0 Å². The second-order valence-corrected chi connectivity index (χ2v) is 9.04. The molecule has 0 saturated carbocycles. The van der Waals surface area contributed by atoms with E-state index < -0.39 is 73.1 Å². The molecule has 2 aromatic carbocycles. The summed E-state index contributed by atoms with van der Waals surface area (Å²) in [7, 11) is 2.94. The first-order valence-electron chi connectivity index (χ1n) is 12.0. The molecule has 0 radical (unpaired) electrons. The first kappa shape index (κ1) is 28.9. The van der Waals surface area contributed by atoms with Gasteiger partial charge in [-0.05, 0) is 6.07 Å². The number of benzene rings is 2. The number of carboxylic acid groups (broad SMARTS) is 1. The number of aliphatic carboxylic acids is 1. The number of hydrogen-bond acceptors (Lipinski definition) is 13. The van der Waals surface area contributed by atoms with Crippen LogP contribution in [0, 0.1) is 0 Å². The molecule has 2 heterocycles. The van der Waals surface area contributed by atoms with Crippen LogP contribution in [0.5, 0.6) is 28.7 Å². The van der Waals surface area contributed by atoms with E-state index in [1.165, 1.54) is 20.3 Å². The van der Waals surface area contributed by atoms with Gasteiger partial charge in [0.05, 0.1) is 20.1 Å². The molecule has 4 rings (SSSR count). The fraction of sp³-hybridized carbons (Fsp3) is 0.423. The van der Waals surface area contributed by atoms with Gasteiger partial charge in [0.2, 0.25) is 6.29 Å². The van der Waals surface area contributed by atoms with Crippen LogP contribution in [-0.4, -0.2) is 101 Å². The summed E-state index contributed by atoms with van der Waals surface area (Å²) in [5.41, 5.74) is 0.422. The Kier molecular flexibility index (Phi) is 8.64. The minimum absolute atomic E-state index is 0.00578. The van der Waals surface area contributed by atoms with Crippen LogP contribution < -0.4 is 18.9 Å². The summed E-state index contributed by atoms with van der Waals surface area (Å²) in [5.74, 6) is -3.44. The van der Waals surface area contributed by atoms with Gasteiger partial charge in [-0.3, -0.25) is 14.4 Å². The monoisotopic (exact) mass is 564 g/mol. The van der Waals surface area contributed by atoms with Gasteiger partial charge in [-0.2, -0.15) is 0 Å². The highest BCUT2D eigenvalue weighted by atomic mass is 16.7. The van der Waals surface area contributed by atoms with Crippen molar-refractivity contribution < 1.29 is 68.3 Å². The number of carbonyl (C=O) groups is 3. The average molecular weight is 564 g/mol. The van der Waals surface area contributed by atoms with Crippen LogP contribution in [0.2, 0.25) is 0 Å². The molecule has 40 heavy (non-hydrogen) atoms. The highest BCUT2D eigenvalue weighted by Gasteiger charge is 2.46. The minimum Gasteiger partial charge on any atom is -0.507 e. The van der Waals surface area contributed by atoms with Gasteiger partial charge in [0.1, 0.15) is 78.4 Å². The quantitative estimate of drug-likeness (QED) is 0.200. The Morgan fingerprint density at radius 1 is 1.00 bits per heavy atom. The van der Waals surface area contributed by atoms with E-state index in [2.05, 4.69) is 0 Å². The van der Waals surface area contributed by atoms with Gasteiger partial charge in [0.15, 0.2) is 5.78 Å². The summed E-state index contributed by atoms with van der Waals surface area (Å²) in [6, 6.07) is 7.32. The van der Waals surface area contributed by atoms with E-state index >= 15 is 0 Å². The van der Waals surface area contributed by atoms with E-state index in [1.807, 2.05) is 0 Å². The summed E-state index contributed by atoms with van der Waals surface area (Å²) in [5, 5.41) is 50.2. The molecular weight excluding hydrogens is 536 g/mol. The molecule has 14 nitrogen and oxygen atoms in total. The number of phenolic OH excluding ortho intramolecular Hbond substituents is 1. The number of ether oxygens (including phenoxy) is 6. The number of phenols is 1. The van der Waals surface area contributed by atoms with Gasteiger partial charge in [0.25, 0.3) is 0 Å². The third-order valence-electron chi connectivity index (χ3n) is 6.46. The van der Waals surface area contributed by atoms with Crippen molar-refractivity contribution in [3.8, 4) is 28.7 Å². The van der Waals surface area contributed by atoms with Crippen LogP contribution in [0.1, 0.15) is 28.3 Å². The molecule has 1 fully saturated rings. The van der Waals surface area contributed by atoms with Gasteiger partial charge in [0, 0.05) is 23.8 Å². The maximum Gasteiger partial charge on any atom is 0.317 e. The van der Waals surface area contributed by atoms with Crippen LogP contribution in [0.4, 0.5) is 0 Å². The molecule has 0 aliphatic carbocycles. The topological polar surface area (TPSA) is 208 Å². The third kappa shape index (κ3) is 5.89. The molecule has 0 aromatic heterocycles. The van der Waals surface area contributed by atoms with E-state index in [0.717, 1.165) is 6.07 Å². The Labute approximate surface area is 227 Å². The molecule has 2 aliphatic rings. The lowest BCUT2D eigenvalue weighted by atomic mass is 9.88. The number of carbonyl (C=O) groups excluding carboxylic acids is 2. The van der Waals surface area contributed by atoms with Crippen LogP contribution in [-0.2, 0) is 19.1 Å². The van der Waals surface area contributed by atoms with E-state index in [4.69, 9.17) is 33.5 Å². The second kappa shape index (κ2) is 12.0. The summed E-state index contributed by atoms with van der Waals surface area (Å²) >= 11 is 0. The molecule has 5 N–H and O–H groups in total. The van der Waals surface area contributed by atoms with Gasteiger partial charge >= 0.3 is 11.9 Å². The average Bonchev–Trinajstić information content (AvgIpc) is 2.92. The molecule has 2 aromatic rings. The number of fused-ring (bicyclic) bond motifs is 1. The highest BCUT2D eigenvalue weighted by molar-refractivity contribution is 6.06. The first-order valence-corrected chi connectivity index (χ1v) is 12.0. The predicted octanol–water partition coefficient (Wildman–Crippen LogP) is -0.0274. The maximum atomic E-state index is 13.4. The lowest BCUT2D eigenvalue weighted by Crippen LogP contribution is -2.60. The number of aromatic hydroxyl groups is 1. The minimum atomic E-state index is -1.79. The van der Waals surface area contributed by atoms with Crippen molar-refractivity contribution in [2.45, 2.75) is 43.0 Å². The van der Waals surface area contributed by atoms with Gasteiger partial charge in [-0.25, -0.2) is 0 Å². The summed E-state index contributed by atoms with van der Waals surface area (Å²) in [6.07, 6.45) is -9.18. The first-order chi connectivity index (χ1) is 19.0. The van der Waals surface area contributed by atoms with Gasteiger partial charge in [-0.15, -0.1) is 0 Å². The highest BCUT2D eigenvalue weighted by Crippen LogP contribution is 2.43. The molecule has 0 unspecified atom stereocenters. The van der Waals surface area contributed by atoms with E-state index in [-0.39, 0.29) is 23.7 Å². The van der Waals surface area contributed by atoms with Crippen LogP contribution in [0.25, 0.3) is 0 Å². The largest absolute Gasteiger partial charge is 0.507 e. The molecule has 14 heteroatoms. The van der Waals surface area contributed by atoms with Crippen molar-refractivity contribution in [1.29, 1.82) is 0 Å². The van der Waals surface area contributed by atoms with Gasteiger partial charge < -0.3 is 54.0 Å². The zero-order valence-electron chi connectivity index (χ0n) is 21.4. The van der Waals surface area contributed by atoms with Gasteiger partial charge in [-0.1, -0.05) is 6.07 Å². The smallest absolute Gasteiger partial charge is 0.317 e. The van der Waals surface area contributed by atoms with Crippen molar-refractivity contribution in [1.82, 2.24) is 0 Å². The van der Waals surface area contributed by atoms with Crippen molar-refractivity contribution >= 4 is 17.7 Å². The third-order valence-corrected chi connectivity index (χ3v) is 6.46. The molecule has 1 saturated heterocycles. The fourth-order valence-corrected chi connectivity index (χ4v) is 4.40. The summed E-state index contributed by atoms with van der Waals surface area (Å²) < 4.78 is 32.1. The molecule has 0 bridgehead atoms. The van der Waals surface area contributed by atoms with E-state index in [1.54, 1.807) is 18.2 Å². The number of esters is 1. The van der Waals surface area contributed by atoms with E-state index in [0.29, 0.717) is 17.1 Å². The number of aliphatic hydroxyl groups is 3. The Hall–Kier alpha value is -4.11. The molecule has 216 valence electrons. The maximum absolute atomic E-state index is 13.4. The number of aliphatic hydroxyl groups excluding tert-OH is 3. The van der Waals surface area contributed by atoms with Crippen LogP contribution in [0.15, 0.2) is 30.3 Å². The lowest BCUT2D eigenvalue weighted by molar-refractivity contribution is -0.278. The number of carboxylic acids is 1. The van der Waals surface area contributed by atoms with Crippen molar-refractivity contribution in [3.05, 3.63) is 41.5 Å². The number of Topliss-reactive ketones (excluding diaryl/α,β-unsaturated/α-hetero) is 1. The number of methoxy groups -OCH3 is 2. The Bertz CT molecular complexity index is 1280. The summed E-state index contributed by atoms with van der Waals surface area (Å²) in [4.78, 5) is 35.5. The number of ketones is 1. The zero-order valence-corrected chi connectivity index (χ0v) is 21.4. The Morgan fingerprint density at radius 2 is 1.75 bits per heavy atom. The standard InChI is InChI=1S/C26H28O14/c1-35-11-3-4-13(16(6-11)36-2)14-9-37-17-7-12(5-15(27)21(17)22(14)31)39-26-25(34)24(33)23(32)18(40-26)10-38-20(30)8-19(28)29/h3-7,14,18,23-27,32-34H,8-10H2,1-2H3,(H,28,29)/t14-,18+,23+,24-,25+,26+/m0/s1. The SMILES string of the molecule is COc1ccc([C@@H]2COc3cc(O[C@@H]4O[C@H](COC(=O)CC(=O)O)[C@@H](O)[C@H](O)[C@H]4O)cc(O)c3C2=O)c(OC)c1. The fourth-order valence-electron chi connectivity index (χ4n) is 4.40. The lowest BCUT2D eigenvalue weighted by Gasteiger charge is -2.40. The van der Waals surface area contributed by atoms with Crippen molar-refractivity contribution in [2.75, 3.05) is 27.4 Å². The zero-order chi connectivity index (χ0) is 29.1. The molecule has 6 atom stereocenters. The van der Waals surface area contributed by atoms with Crippen LogP contribution >= 0.6 is 0 Å². The Morgan fingerprint density at radius 3 is 2.42 bits per heavy atom. The number of rotatable bonds is 9. The number of hydrogen-bond donors (Lipinski definition) is 5. The second-order valence-electron chi connectivity index (χ2n) is 9.04. The van der Waals surface area contributed by atoms with Crippen molar-refractivity contribution in [3.63, 3.8) is 0 Å². The van der Waals surface area contributed by atoms with Crippen LogP contribution in [0.3, 0.4) is 0 Å². The molecular formula is C26H28O14. The predicted molar refractivity (Wildman–Crippen MR) is 131 cm³/mol. The summed E-state index contributed by atoms with van der Waals surface area (Å²) in [6.45, 7) is -0.727. The molecule has 0 amide bonds. The Balaban J connectivity index is 1.51. The molecule has 2 aliphatic heterocycles. The normalized spacial score (nSPS) is 25.8. The molecule has 0 spiro atoms.